The number of H-pyrrole nitrogens is 4. The first-order chi connectivity index (χ1) is 40.7. The summed E-state index contributed by atoms with van der Waals surface area (Å²) in [7, 11) is 0. The zero-order chi connectivity index (χ0) is 58.7. The molecule has 0 radical (unpaired) electrons. The number of hydrogen-bond donors (Lipinski definition) is 5. The van der Waals surface area contributed by atoms with Crippen molar-refractivity contribution in [2.75, 3.05) is 24.6 Å². The highest BCUT2D eigenvalue weighted by Gasteiger charge is 2.51. The van der Waals surface area contributed by atoms with E-state index in [0.717, 1.165) is 131 Å². The zero-order valence-corrected chi connectivity index (χ0v) is 53.9. The molecule has 442 valence electrons. The van der Waals surface area contributed by atoms with E-state index in [2.05, 4.69) is 88.8 Å². The van der Waals surface area contributed by atoms with Gasteiger partial charge in [0.25, 0.3) is 22.2 Å². The van der Waals surface area contributed by atoms with Gasteiger partial charge in [-0.15, -0.1) is 11.8 Å². The summed E-state index contributed by atoms with van der Waals surface area (Å²) >= 11 is 20.4. The molecule has 6 saturated carbocycles. The van der Waals surface area contributed by atoms with Crippen molar-refractivity contribution in [3.05, 3.63) is 157 Å². The SMILES string of the molecule is Cc1cccc2c(=O)[nH]c(CSCC3CCC3)nc12.O=C=O.O=c1[nH]c(CSC23CC4CC(CC(C4)C2)C3)nc2ccccc12.O=c1[nH]c(CSC2CCCC2)nc2c(Br)cc(Br)cc12.O=c1[nH]c(CSCC2CNC2)nc2ccc(Cl)cc12. The maximum atomic E-state index is 12.2. The Hall–Kier alpha value is -4.57. The molecule has 1 saturated heterocycles. The highest BCUT2D eigenvalue weighted by Crippen LogP contribution is 2.61. The molecule has 8 aromatic rings. The number of benzene rings is 4. The van der Waals surface area contributed by atoms with Gasteiger partial charge in [-0.3, -0.25) is 19.2 Å². The monoisotopic (exact) mass is 1360 g/mol. The average Bonchev–Trinajstić information content (AvgIpc) is 1.20. The van der Waals surface area contributed by atoms with Crippen LogP contribution in [0.3, 0.4) is 0 Å². The largest absolute Gasteiger partial charge is 0.373 e. The molecule has 4 aromatic carbocycles. The smallest absolute Gasteiger partial charge is 0.316 e. The van der Waals surface area contributed by atoms with Crippen LogP contribution in [0.25, 0.3) is 43.6 Å². The predicted molar refractivity (Wildman–Crippen MR) is 351 cm³/mol. The third-order valence-corrected chi connectivity index (χ3v) is 23.3. The second-order valence-corrected chi connectivity index (χ2v) is 30.0. The van der Waals surface area contributed by atoms with Gasteiger partial charge in [0.15, 0.2) is 0 Å². The van der Waals surface area contributed by atoms with Crippen LogP contribution in [0.1, 0.15) is 112 Å². The number of aromatic nitrogens is 8. The van der Waals surface area contributed by atoms with Crippen molar-refractivity contribution in [1.82, 2.24) is 45.2 Å². The number of aryl methyl sites for hydroxylation is 1. The van der Waals surface area contributed by atoms with Crippen molar-refractivity contribution in [2.24, 2.45) is 29.6 Å². The second kappa shape index (κ2) is 29.4. The Morgan fingerprint density at radius 3 is 1.76 bits per heavy atom. The quantitative estimate of drug-likeness (QED) is 0.0682. The highest BCUT2D eigenvalue weighted by molar-refractivity contribution is 9.11. The molecule has 15 rings (SSSR count). The van der Waals surface area contributed by atoms with Crippen LogP contribution in [0.2, 0.25) is 5.02 Å². The summed E-state index contributed by atoms with van der Waals surface area (Å²) < 4.78 is 2.19. The first-order valence-corrected chi connectivity index (χ1v) is 35.1. The summed E-state index contributed by atoms with van der Waals surface area (Å²) in [5, 5.41) is 7.07. The number of hydrogen-bond acceptors (Lipinski definition) is 15. The number of para-hydroxylation sites is 2. The van der Waals surface area contributed by atoms with Crippen molar-refractivity contribution in [1.29, 1.82) is 0 Å². The molecule has 0 atom stereocenters. The number of carbonyl (C=O) groups excluding carboxylic acids is 2. The average molecular weight is 1360 g/mol. The fraction of sp³-hybridized carbons (Fsp3) is 0.468. The van der Waals surface area contributed by atoms with Gasteiger partial charge in [-0.05, 0) is 195 Å². The number of aromatic amines is 4. The first kappa shape index (κ1) is 62.5. The van der Waals surface area contributed by atoms with Crippen molar-refractivity contribution < 1.29 is 9.59 Å². The van der Waals surface area contributed by atoms with Crippen LogP contribution >= 0.6 is 90.5 Å². The summed E-state index contributed by atoms with van der Waals surface area (Å²) in [6, 6.07) is 22.3. The summed E-state index contributed by atoms with van der Waals surface area (Å²) in [6.45, 7) is 4.21. The standard InChI is InChI=1S/C19H22N2OS.C15H18N2OS.C14H14Br2N2OS.C13H14ClN3OS.CO2/c22-18-15-3-1-2-4-16(15)20-17(21-18)11-23-19-8-12-5-13(9-19)7-14(6-12)10-19;1-10-4-2-7-12-14(10)16-13(17-15(12)18)9-19-8-11-5-3-6-11;15-8-5-10-13(11(16)6-8)17-12(18-14(10)19)7-20-9-3-1-2-4-9;14-9-1-2-11-10(3-9)13(18)17-12(16-11)7-19-6-8-4-15-5-8;2-1-3/h1-4,12-14H,5-11H2,(H,20,21,22);2,4,7,11H,3,5-6,8-9H2,1H3,(H,16,17,18);5-6,9H,1-4,7H2,(H,17,18,19);1-3,8,15H,4-7H2,(H,16,17,18);. The molecule has 0 spiro atoms. The third-order valence-electron chi connectivity index (χ3n) is 16.7. The lowest BCUT2D eigenvalue weighted by Gasteiger charge is -2.56. The van der Waals surface area contributed by atoms with Gasteiger partial charge < -0.3 is 25.3 Å². The van der Waals surface area contributed by atoms with E-state index in [4.69, 9.17) is 21.2 Å². The van der Waals surface area contributed by atoms with Gasteiger partial charge in [-0.1, -0.05) is 71.1 Å². The van der Waals surface area contributed by atoms with Crippen LogP contribution < -0.4 is 27.6 Å². The molecule has 15 nitrogen and oxygen atoms in total. The van der Waals surface area contributed by atoms with Crippen LogP contribution in [0.15, 0.2) is 101 Å². The summed E-state index contributed by atoms with van der Waals surface area (Å²) in [4.78, 5) is 94.5. The van der Waals surface area contributed by atoms with Crippen molar-refractivity contribution in [2.45, 2.75) is 123 Å². The van der Waals surface area contributed by atoms with E-state index in [9.17, 15) is 19.2 Å². The third kappa shape index (κ3) is 16.3. The van der Waals surface area contributed by atoms with Crippen molar-refractivity contribution in [3.8, 4) is 0 Å². The molecular formula is C62H68Br2ClN9O6S4. The molecule has 5 N–H and O–H groups in total. The van der Waals surface area contributed by atoms with Gasteiger partial charge in [0.05, 0.1) is 66.6 Å². The highest BCUT2D eigenvalue weighted by atomic mass is 79.9. The molecule has 5 heterocycles. The minimum Gasteiger partial charge on any atom is -0.316 e. The zero-order valence-electron chi connectivity index (χ0n) is 46.7. The van der Waals surface area contributed by atoms with Crippen LogP contribution in [0.4, 0.5) is 0 Å². The molecule has 22 heteroatoms. The van der Waals surface area contributed by atoms with E-state index >= 15 is 0 Å². The molecule has 0 unspecified atom stereocenters. The van der Waals surface area contributed by atoms with Gasteiger partial charge in [0.1, 0.15) is 23.3 Å². The lowest BCUT2D eigenvalue weighted by molar-refractivity contribution is -0.191. The van der Waals surface area contributed by atoms with Gasteiger partial charge in [0, 0.05) is 24.0 Å². The van der Waals surface area contributed by atoms with Gasteiger partial charge in [-0.2, -0.15) is 44.9 Å². The molecule has 6 aliphatic carbocycles. The van der Waals surface area contributed by atoms with Crippen LogP contribution in [-0.2, 0) is 32.6 Å². The van der Waals surface area contributed by atoms with Crippen LogP contribution in [-0.4, -0.2) is 80.6 Å². The number of nitrogens with one attached hydrogen (secondary N) is 5. The molecule has 7 aliphatic rings. The van der Waals surface area contributed by atoms with Crippen LogP contribution in [0, 0.1) is 36.5 Å². The molecule has 4 bridgehead atoms. The molecule has 84 heavy (non-hydrogen) atoms. The van der Waals surface area contributed by atoms with Gasteiger partial charge in [0.2, 0.25) is 0 Å². The molecule has 4 aromatic heterocycles. The van der Waals surface area contributed by atoms with E-state index in [-0.39, 0.29) is 28.4 Å². The lowest BCUT2D eigenvalue weighted by Crippen LogP contribution is -2.48. The summed E-state index contributed by atoms with van der Waals surface area (Å²) in [6.07, 6.45) is 18.2. The molecule has 1 aliphatic heterocycles. The van der Waals surface area contributed by atoms with E-state index < -0.39 is 0 Å². The van der Waals surface area contributed by atoms with Crippen LogP contribution in [0.5, 0.6) is 0 Å². The van der Waals surface area contributed by atoms with Gasteiger partial charge >= 0.3 is 6.15 Å². The summed E-state index contributed by atoms with van der Waals surface area (Å²) in [5.41, 5.74) is 3.95. The fourth-order valence-electron chi connectivity index (χ4n) is 12.6. The first-order valence-electron chi connectivity index (χ1n) is 28.8. The maximum absolute atomic E-state index is 12.2. The number of rotatable bonds is 14. The topological polar surface area (TPSA) is 229 Å². The Morgan fingerprint density at radius 1 is 0.583 bits per heavy atom. The van der Waals surface area contributed by atoms with E-state index in [1.54, 1.807) is 24.3 Å². The van der Waals surface area contributed by atoms with E-state index in [0.29, 0.717) is 36.8 Å². The van der Waals surface area contributed by atoms with Gasteiger partial charge in [-0.25, -0.2) is 19.9 Å². The molecular weight excluding hydrogens is 1290 g/mol. The number of nitrogens with zero attached hydrogens (tertiary/aromatic N) is 4. The summed E-state index contributed by atoms with van der Waals surface area (Å²) in [5.74, 6) is 13.2. The number of halogens is 3. The molecule has 0 amide bonds. The Labute approximate surface area is 525 Å². The van der Waals surface area contributed by atoms with Crippen molar-refractivity contribution >= 4 is 140 Å². The normalized spacial score (nSPS) is 20.6. The minimum atomic E-state index is -0.117. The van der Waals surface area contributed by atoms with E-state index in [1.165, 1.54) is 89.2 Å². The number of fused-ring (bicyclic) bond motifs is 4. The van der Waals surface area contributed by atoms with Crippen molar-refractivity contribution in [3.63, 3.8) is 0 Å². The molecule has 7 fully saturated rings. The second-order valence-electron chi connectivity index (χ2n) is 23.0. The minimum absolute atomic E-state index is 0.00304. The maximum Gasteiger partial charge on any atom is 0.373 e. The Kier molecular flexibility index (Phi) is 21.9. The Bertz CT molecular complexity index is 3850. The van der Waals surface area contributed by atoms with E-state index in [1.807, 2.05) is 90.7 Å². The number of thioether (sulfide) groups is 4. The predicted octanol–water partition coefficient (Wildman–Crippen LogP) is 13.5. The lowest BCUT2D eigenvalue weighted by atomic mass is 9.56. The fourth-order valence-corrected chi connectivity index (χ4v) is 19.0. The Balaban J connectivity index is 0.000000123. The Morgan fingerprint density at radius 2 is 1.13 bits per heavy atom.